The van der Waals surface area contributed by atoms with E-state index in [1.54, 1.807) is 7.11 Å². The molecule has 1 aromatic rings. The molecule has 4 heteroatoms. The van der Waals surface area contributed by atoms with Crippen molar-refractivity contribution in [3.8, 4) is 5.75 Å². The molecule has 0 amide bonds. The van der Waals surface area contributed by atoms with E-state index in [4.69, 9.17) is 9.47 Å². The topological polar surface area (TPSA) is 35.5 Å². The Balaban J connectivity index is 1.74. The maximum absolute atomic E-state index is 12.8. The van der Waals surface area contributed by atoms with Gasteiger partial charge in [0.15, 0.2) is 5.78 Å². The standard InChI is InChI=1S/C17H22O3S/c1-19-15-4-2-3-13(11-15)16(18)14-5-8-20-17(12-14)6-9-21-10-7-17/h2-4,11,14H,5-10,12H2,1H3. The molecule has 2 aliphatic rings. The van der Waals surface area contributed by atoms with Crippen molar-refractivity contribution in [1.29, 1.82) is 0 Å². The van der Waals surface area contributed by atoms with Crippen molar-refractivity contribution in [3.05, 3.63) is 29.8 Å². The predicted octanol–water partition coefficient (Wildman–Crippen LogP) is 3.57. The van der Waals surface area contributed by atoms with Gasteiger partial charge in [0.1, 0.15) is 5.75 Å². The highest BCUT2D eigenvalue weighted by atomic mass is 32.2. The molecule has 1 spiro atoms. The molecule has 2 fully saturated rings. The summed E-state index contributed by atoms with van der Waals surface area (Å²) in [5, 5.41) is 0. The molecule has 2 saturated heterocycles. The second-order valence-electron chi connectivity index (χ2n) is 5.93. The summed E-state index contributed by atoms with van der Waals surface area (Å²) in [6, 6.07) is 7.50. The van der Waals surface area contributed by atoms with Gasteiger partial charge in [0.05, 0.1) is 12.7 Å². The Bertz CT molecular complexity index is 503. The van der Waals surface area contributed by atoms with Gasteiger partial charge in [-0.2, -0.15) is 11.8 Å². The fourth-order valence-corrected chi connectivity index (χ4v) is 4.59. The highest BCUT2D eigenvalue weighted by molar-refractivity contribution is 7.99. The largest absolute Gasteiger partial charge is 0.497 e. The second kappa shape index (κ2) is 6.41. The van der Waals surface area contributed by atoms with Crippen LogP contribution >= 0.6 is 11.8 Å². The van der Waals surface area contributed by atoms with E-state index in [1.165, 1.54) is 0 Å². The Hall–Kier alpha value is -1.00. The predicted molar refractivity (Wildman–Crippen MR) is 85.3 cm³/mol. The maximum atomic E-state index is 12.8. The first-order chi connectivity index (χ1) is 10.2. The van der Waals surface area contributed by atoms with Gasteiger partial charge in [-0.15, -0.1) is 0 Å². The van der Waals surface area contributed by atoms with E-state index >= 15 is 0 Å². The fourth-order valence-electron chi connectivity index (χ4n) is 3.36. The van der Waals surface area contributed by atoms with Crippen LogP contribution in [0.3, 0.4) is 0 Å². The van der Waals surface area contributed by atoms with Crippen molar-refractivity contribution >= 4 is 17.5 Å². The van der Waals surface area contributed by atoms with Crippen LogP contribution in [0.2, 0.25) is 0 Å². The van der Waals surface area contributed by atoms with Crippen LogP contribution in [0.15, 0.2) is 24.3 Å². The molecular formula is C17H22O3S. The van der Waals surface area contributed by atoms with Crippen LogP contribution in [0.25, 0.3) is 0 Å². The Morgan fingerprint density at radius 2 is 2.19 bits per heavy atom. The first kappa shape index (κ1) is 14.9. The van der Waals surface area contributed by atoms with E-state index in [-0.39, 0.29) is 17.3 Å². The number of ether oxygens (including phenoxy) is 2. The quantitative estimate of drug-likeness (QED) is 0.800. The van der Waals surface area contributed by atoms with Gasteiger partial charge < -0.3 is 9.47 Å². The number of carbonyl (C=O) groups is 1. The van der Waals surface area contributed by atoms with Crippen molar-refractivity contribution < 1.29 is 14.3 Å². The number of Topliss-reactive ketones (excluding diaryl/α,β-unsaturated/α-hetero) is 1. The third-order valence-corrected chi connectivity index (χ3v) is 5.61. The summed E-state index contributed by atoms with van der Waals surface area (Å²) in [5.41, 5.74) is 0.726. The maximum Gasteiger partial charge on any atom is 0.166 e. The lowest BCUT2D eigenvalue weighted by Crippen LogP contribution is -2.44. The molecule has 2 aliphatic heterocycles. The lowest BCUT2D eigenvalue weighted by atomic mass is 9.79. The van der Waals surface area contributed by atoms with E-state index in [0.29, 0.717) is 6.61 Å². The summed E-state index contributed by atoms with van der Waals surface area (Å²) in [6.45, 7) is 0.713. The van der Waals surface area contributed by atoms with Crippen molar-refractivity contribution in [2.24, 2.45) is 5.92 Å². The summed E-state index contributed by atoms with van der Waals surface area (Å²) >= 11 is 1.99. The molecule has 0 aromatic heterocycles. The van der Waals surface area contributed by atoms with Gasteiger partial charge in [-0.1, -0.05) is 12.1 Å². The Labute approximate surface area is 130 Å². The molecule has 0 saturated carbocycles. The smallest absolute Gasteiger partial charge is 0.166 e. The number of rotatable bonds is 3. The lowest BCUT2D eigenvalue weighted by molar-refractivity contribution is -0.0959. The summed E-state index contributed by atoms with van der Waals surface area (Å²) in [7, 11) is 1.63. The van der Waals surface area contributed by atoms with E-state index < -0.39 is 0 Å². The SMILES string of the molecule is COc1cccc(C(=O)C2CCOC3(CCSCC3)C2)c1. The number of hydrogen-bond donors (Lipinski definition) is 0. The summed E-state index contributed by atoms with van der Waals surface area (Å²) in [4.78, 5) is 12.8. The van der Waals surface area contributed by atoms with Crippen LogP contribution in [0.4, 0.5) is 0 Å². The number of hydrogen-bond acceptors (Lipinski definition) is 4. The average Bonchev–Trinajstić information content (AvgIpc) is 2.55. The molecule has 0 N–H and O–H groups in total. The Morgan fingerprint density at radius 3 is 2.95 bits per heavy atom. The van der Waals surface area contributed by atoms with Gasteiger partial charge in [0.25, 0.3) is 0 Å². The van der Waals surface area contributed by atoms with Crippen LogP contribution in [0.1, 0.15) is 36.0 Å². The normalized spacial score (nSPS) is 24.7. The Kier molecular flexibility index (Phi) is 4.55. The van der Waals surface area contributed by atoms with E-state index in [9.17, 15) is 4.79 Å². The first-order valence-electron chi connectivity index (χ1n) is 7.62. The fraction of sp³-hybridized carbons (Fsp3) is 0.588. The minimum atomic E-state index is -0.0390. The molecule has 1 aromatic carbocycles. The second-order valence-corrected chi connectivity index (χ2v) is 7.15. The summed E-state index contributed by atoms with van der Waals surface area (Å²) < 4.78 is 11.3. The van der Waals surface area contributed by atoms with E-state index in [2.05, 4.69) is 0 Å². The number of ketones is 1. The molecule has 3 rings (SSSR count). The van der Waals surface area contributed by atoms with Gasteiger partial charge in [-0.25, -0.2) is 0 Å². The summed E-state index contributed by atoms with van der Waals surface area (Å²) in [6.07, 6.45) is 3.88. The minimum Gasteiger partial charge on any atom is -0.497 e. The molecule has 1 unspecified atom stereocenters. The van der Waals surface area contributed by atoms with Crippen molar-refractivity contribution in [2.45, 2.75) is 31.3 Å². The number of benzene rings is 1. The lowest BCUT2D eigenvalue weighted by Gasteiger charge is -2.42. The molecular weight excluding hydrogens is 284 g/mol. The Morgan fingerprint density at radius 1 is 1.38 bits per heavy atom. The van der Waals surface area contributed by atoms with Crippen LogP contribution in [0, 0.1) is 5.92 Å². The highest BCUT2D eigenvalue weighted by Gasteiger charge is 2.41. The molecule has 21 heavy (non-hydrogen) atoms. The molecule has 0 aliphatic carbocycles. The van der Waals surface area contributed by atoms with Crippen LogP contribution in [0.5, 0.6) is 5.75 Å². The molecule has 2 heterocycles. The molecule has 0 bridgehead atoms. The van der Waals surface area contributed by atoms with E-state index in [1.807, 2.05) is 36.0 Å². The highest BCUT2D eigenvalue weighted by Crippen LogP contribution is 2.40. The third-order valence-electron chi connectivity index (χ3n) is 4.62. The first-order valence-corrected chi connectivity index (χ1v) is 8.78. The molecule has 3 nitrogen and oxygen atoms in total. The number of methoxy groups -OCH3 is 1. The van der Waals surface area contributed by atoms with Crippen LogP contribution < -0.4 is 4.74 Å². The minimum absolute atomic E-state index is 0.0390. The number of carbonyl (C=O) groups excluding carboxylic acids is 1. The van der Waals surface area contributed by atoms with Crippen molar-refractivity contribution in [2.75, 3.05) is 25.2 Å². The van der Waals surface area contributed by atoms with Gasteiger partial charge in [0, 0.05) is 18.1 Å². The zero-order chi connectivity index (χ0) is 14.7. The third kappa shape index (κ3) is 3.27. The van der Waals surface area contributed by atoms with Crippen LogP contribution in [-0.4, -0.2) is 36.6 Å². The van der Waals surface area contributed by atoms with Gasteiger partial charge in [0.2, 0.25) is 0 Å². The number of thioether (sulfide) groups is 1. The van der Waals surface area contributed by atoms with Gasteiger partial charge >= 0.3 is 0 Å². The van der Waals surface area contributed by atoms with E-state index in [0.717, 1.165) is 48.5 Å². The average molecular weight is 306 g/mol. The van der Waals surface area contributed by atoms with Gasteiger partial charge in [-0.3, -0.25) is 4.79 Å². The monoisotopic (exact) mass is 306 g/mol. The zero-order valence-corrected chi connectivity index (χ0v) is 13.3. The van der Waals surface area contributed by atoms with Gasteiger partial charge in [-0.05, 0) is 49.3 Å². The molecule has 0 radical (unpaired) electrons. The van der Waals surface area contributed by atoms with Crippen molar-refractivity contribution in [1.82, 2.24) is 0 Å². The zero-order valence-electron chi connectivity index (χ0n) is 12.5. The molecule has 114 valence electrons. The van der Waals surface area contributed by atoms with Crippen molar-refractivity contribution in [3.63, 3.8) is 0 Å². The van der Waals surface area contributed by atoms with Crippen LogP contribution in [-0.2, 0) is 4.74 Å². The summed E-state index contributed by atoms with van der Waals surface area (Å²) in [5.74, 6) is 3.39. The molecule has 1 atom stereocenters.